The van der Waals surface area contributed by atoms with Crippen LogP contribution in [0.3, 0.4) is 0 Å². The summed E-state index contributed by atoms with van der Waals surface area (Å²) in [4.78, 5) is 16.6. The highest BCUT2D eigenvalue weighted by atomic mass is 16.3. The van der Waals surface area contributed by atoms with Crippen LogP contribution in [0.4, 0.5) is 5.69 Å². The fourth-order valence-corrected chi connectivity index (χ4v) is 4.97. The Labute approximate surface area is 211 Å². The lowest BCUT2D eigenvalue weighted by Crippen LogP contribution is -2.54. The lowest BCUT2D eigenvalue weighted by molar-refractivity contribution is 0.407. The van der Waals surface area contributed by atoms with Crippen molar-refractivity contribution in [2.45, 2.75) is 32.9 Å². The number of anilines is 1. The second kappa shape index (κ2) is 9.54. The Kier molecular flexibility index (Phi) is 6.28. The van der Waals surface area contributed by atoms with E-state index in [0.29, 0.717) is 40.1 Å². The predicted molar refractivity (Wildman–Crippen MR) is 145 cm³/mol. The first-order chi connectivity index (χ1) is 17.4. The van der Waals surface area contributed by atoms with E-state index in [9.17, 15) is 5.11 Å². The minimum atomic E-state index is 0.0486. The number of piperazine rings is 1. The van der Waals surface area contributed by atoms with Gasteiger partial charge in [-0.1, -0.05) is 6.07 Å². The second-order valence-electron chi connectivity index (χ2n) is 9.50. The number of nitrogens with zero attached hydrogens (tertiary/aromatic N) is 4. The van der Waals surface area contributed by atoms with Crippen LogP contribution in [-0.2, 0) is 0 Å². The molecule has 8 nitrogen and oxygen atoms in total. The summed E-state index contributed by atoms with van der Waals surface area (Å²) in [6, 6.07) is 10.7. The van der Waals surface area contributed by atoms with Crippen LogP contribution in [0, 0.1) is 5.41 Å². The highest BCUT2D eigenvalue weighted by Crippen LogP contribution is 2.36. The Morgan fingerprint density at radius 2 is 1.92 bits per heavy atom. The smallest absolute Gasteiger partial charge is 0.160 e. The van der Waals surface area contributed by atoms with Gasteiger partial charge in [0, 0.05) is 72.3 Å². The maximum atomic E-state index is 11.0. The fourth-order valence-electron chi connectivity index (χ4n) is 4.97. The third-order valence-electron chi connectivity index (χ3n) is 6.66. The average Bonchev–Trinajstić information content (AvgIpc) is 2.88. The van der Waals surface area contributed by atoms with Crippen LogP contribution in [0.2, 0.25) is 0 Å². The number of hydrogen-bond acceptors (Lipinski definition) is 8. The Morgan fingerprint density at radius 3 is 2.61 bits per heavy atom. The topological polar surface area (TPSA) is 110 Å². The molecule has 8 heteroatoms. The molecule has 2 unspecified atom stereocenters. The van der Waals surface area contributed by atoms with Crippen molar-refractivity contribution < 1.29 is 5.11 Å². The zero-order valence-electron chi connectivity index (χ0n) is 21.0. The largest absolute Gasteiger partial charge is 0.507 e. The normalized spacial score (nSPS) is 21.8. The maximum Gasteiger partial charge on any atom is 0.160 e. The number of aromatic nitrogens is 3. The zero-order chi connectivity index (χ0) is 25.4. The Balaban J connectivity index is 1.69. The molecular weight excluding hydrogens is 450 g/mol. The summed E-state index contributed by atoms with van der Waals surface area (Å²) in [5.41, 5.74) is 5.93. The molecular formula is C28H31N7O. The van der Waals surface area contributed by atoms with Crippen LogP contribution >= 0.6 is 0 Å². The van der Waals surface area contributed by atoms with Crippen LogP contribution in [-0.4, -0.2) is 58.0 Å². The van der Waals surface area contributed by atoms with Gasteiger partial charge in [-0.2, -0.15) is 0 Å². The zero-order valence-corrected chi connectivity index (χ0v) is 21.0. The summed E-state index contributed by atoms with van der Waals surface area (Å²) in [6.45, 7) is 7.94. The molecule has 2 aliphatic rings. The van der Waals surface area contributed by atoms with Gasteiger partial charge in [-0.25, -0.2) is 9.97 Å². The first-order valence-electron chi connectivity index (χ1n) is 12.2. The number of nitrogens with one attached hydrogen (secondary N) is 3. The molecule has 3 aromatic heterocycles. The fraction of sp³-hybridized carbons (Fsp3) is 0.286. The number of rotatable bonds is 4. The molecule has 4 N–H and O–H groups in total. The van der Waals surface area contributed by atoms with E-state index in [1.54, 1.807) is 32.4 Å². The molecule has 1 aliphatic carbocycles. The van der Waals surface area contributed by atoms with E-state index >= 15 is 0 Å². The lowest BCUT2D eigenvalue weighted by atomic mass is 9.90. The van der Waals surface area contributed by atoms with Crippen LogP contribution in [0.15, 0.2) is 71.9 Å². The molecule has 2 atom stereocenters. The quantitative estimate of drug-likeness (QED) is 0.441. The van der Waals surface area contributed by atoms with E-state index in [4.69, 9.17) is 15.4 Å². The average molecular weight is 482 g/mol. The Morgan fingerprint density at radius 1 is 1.14 bits per heavy atom. The molecule has 1 fully saturated rings. The summed E-state index contributed by atoms with van der Waals surface area (Å²) in [6.07, 6.45) is 7.19. The van der Waals surface area contributed by atoms with Crippen molar-refractivity contribution >= 4 is 28.0 Å². The van der Waals surface area contributed by atoms with Gasteiger partial charge in [0.2, 0.25) is 0 Å². The van der Waals surface area contributed by atoms with Gasteiger partial charge in [0.1, 0.15) is 5.76 Å². The number of aliphatic hydroxyl groups is 1. The van der Waals surface area contributed by atoms with Crippen molar-refractivity contribution in [2.75, 3.05) is 25.0 Å². The van der Waals surface area contributed by atoms with E-state index in [-0.39, 0.29) is 11.5 Å². The Bertz CT molecular complexity index is 1410. The monoisotopic (exact) mass is 481 g/mol. The van der Waals surface area contributed by atoms with Gasteiger partial charge >= 0.3 is 0 Å². The van der Waals surface area contributed by atoms with Gasteiger partial charge in [-0.3, -0.25) is 10.4 Å². The summed E-state index contributed by atoms with van der Waals surface area (Å²) in [7, 11) is 1.79. The highest BCUT2D eigenvalue weighted by molar-refractivity contribution is 6.17. The maximum absolute atomic E-state index is 11.0. The van der Waals surface area contributed by atoms with Crippen molar-refractivity contribution in [1.29, 1.82) is 5.41 Å². The summed E-state index contributed by atoms with van der Waals surface area (Å²) in [5, 5.41) is 26.8. The van der Waals surface area contributed by atoms with Crippen LogP contribution < -0.4 is 15.5 Å². The van der Waals surface area contributed by atoms with E-state index in [1.807, 2.05) is 30.5 Å². The van der Waals surface area contributed by atoms with Crippen molar-refractivity contribution in [3.8, 4) is 11.3 Å². The third-order valence-corrected chi connectivity index (χ3v) is 6.66. The SMILES string of the molecule is CN/C=C1/C=C(c2cc(-c3ccccn3)c3cc(N4CC(C)NC(C)C4)cnc3n2)C(O)=C(C)C1=N. The van der Waals surface area contributed by atoms with Gasteiger partial charge in [0.25, 0.3) is 0 Å². The molecule has 184 valence electrons. The van der Waals surface area contributed by atoms with Crippen molar-refractivity contribution in [2.24, 2.45) is 0 Å². The van der Waals surface area contributed by atoms with E-state index in [2.05, 4.69) is 40.4 Å². The Hall–Kier alpha value is -4.04. The molecule has 1 aliphatic heterocycles. The molecule has 4 heterocycles. The first-order valence-corrected chi connectivity index (χ1v) is 12.2. The minimum Gasteiger partial charge on any atom is -0.507 e. The van der Waals surface area contributed by atoms with E-state index in [0.717, 1.165) is 35.4 Å². The molecule has 0 aromatic carbocycles. The molecule has 0 spiro atoms. The number of hydrogen-bond donors (Lipinski definition) is 4. The summed E-state index contributed by atoms with van der Waals surface area (Å²) in [5.74, 6) is 0.0486. The van der Waals surface area contributed by atoms with Crippen LogP contribution in [0.5, 0.6) is 0 Å². The predicted octanol–water partition coefficient (Wildman–Crippen LogP) is 4.23. The highest BCUT2D eigenvalue weighted by Gasteiger charge is 2.25. The molecule has 1 saturated heterocycles. The minimum absolute atomic E-state index is 0.0486. The van der Waals surface area contributed by atoms with E-state index < -0.39 is 0 Å². The van der Waals surface area contributed by atoms with Gasteiger partial charge in [-0.05, 0) is 51.1 Å². The second-order valence-corrected chi connectivity index (χ2v) is 9.50. The standard InChI is InChI=1S/C28H31N7O/c1-16-14-35(15-17(2)33-16)20-10-22-21(24-7-5-6-8-31-24)11-25(34-28(22)32-13-20)23-9-19(12-30-4)26(29)18(3)27(23)36/h5-13,16-17,29-30,33,36H,14-15H2,1-4H3/b19-12-,29-26?. The molecule has 5 rings (SSSR count). The van der Waals surface area contributed by atoms with Gasteiger partial charge in [0.05, 0.1) is 29.0 Å². The lowest BCUT2D eigenvalue weighted by Gasteiger charge is -2.37. The van der Waals surface area contributed by atoms with Crippen LogP contribution in [0.25, 0.3) is 27.9 Å². The number of aliphatic hydroxyl groups excluding tert-OH is 1. The molecule has 0 saturated carbocycles. The van der Waals surface area contributed by atoms with Crippen LogP contribution in [0.1, 0.15) is 26.5 Å². The van der Waals surface area contributed by atoms with Gasteiger partial charge in [0.15, 0.2) is 5.65 Å². The number of fused-ring (bicyclic) bond motifs is 1. The van der Waals surface area contributed by atoms with Crippen molar-refractivity contribution in [3.63, 3.8) is 0 Å². The van der Waals surface area contributed by atoms with Gasteiger partial charge < -0.3 is 20.6 Å². The summed E-state index contributed by atoms with van der Waals surface area (Å²) < 4.78 is 0. The molecule has 0 radical (unpaired) electrons. The molecule has 0 amide bonds. The molecule has 0 bridgehead atoms. The third kappa shape index (κ3) is 4.35. The summed E-state index contributed by atoms with van der Waals surface area (Å²) >= 11 is 0. The van der Waals surface area contributed by atoms with Gasteiger partial charge in [-0.15, -0.1) is 0 Å². The molecule has 36 heavy (non-hydrogen) atoms. The first kappa shape index (κ1) is 23.7. The van der Waals surface area contributed by atoms with E-state index in [1.165, 1.54) is 0 Å². The molecule has 3 aromatic rings. The van der Waals surface area contributed by atoms with Crippen molar-refractivity contribution in [1.82, 2.24) is 25.6 Å². The number of allylic oxidation sites excluding steroid dienone is 4. The van der Waals surface area contributed by atoms with Crippen molar-refractivity contribution in [3.05, 3.63) is 77.6 Å². The number of pyridine rings is 3.